The largest absolute Gasteiger partial charge is 0.459 e. The maximum Gasteiger partial charge on any atom is 0.343 e. The molecule has 2 saturated heterocycles. The van der Waals surface area contributed by atoms with Crippen LogP contribution in [0, 0.1) is 16.7 Å². The van der Waals surface area contributed by atoms with Gasteiger partial charge in [0.2, 0.25) is 0 Å². The Hall–Kier alpha value is -2.34. The number of hydrogen-bond donors (Lipinski definition) is 4. The van der Waals surface area contributed by atoms with E-state index in [4.69, 9.17) is 18.9 Å². The fourth-order valence-electron chi connectivity index (χ4n) is 8.73. The van der Waals surface area contributed by atoms with Gasteiger partial charge in [-0.15, -0.1) is 0 Å². The van der Waals surface area contributed by atoms with Crippen molar-refractivity contribution in [2.75, 3.05) is 6.61 Å². The van der Waals surface area contributed by atoms with Crippen LogP contribution in [-0.2, 0) is 34.5 Å². The number of aliphatic hydroxyl groups is 4. The second-order valence-corrected chi connectivity index (χ2v) is 12.6. The lowest BCUT2D eigenvalue weighted by Gasteiger charge is -2.70. The average Bonchev–Trinajstić information content (AvgIpc) is 3.35. The minimum Gasteiger partial charge on any atom is -0.459 e. The van der Waals surface area contributed by atoms with Crippen LogP contribution in [0.2, 0.25) is 0 Å². The van der Waals surface area contributed by atoms with E-state index in [-0.39, 0.29) is 25.9 Å². The summed E-state index contributed by atoms with van der Waals surface area (Å²) in [6, 6.07) is 8.45. The highest BCUT2D eigenvalue weighted by Crippen LogP contribution is 2.74. The smallest absolute Gasteiger partial charge is 0.343 e. The molecule has 2 bridgehead atoms. The number of carbonyl (C=O) groups is 2. The number of ether oxygens (including phenoxy) is 4. The molecular weight excluding hydrogens is 508 g/mol. The van der Waals surface area contributed by atoms with Crippen LogP contribution in [-0.4, -0.2) is 74.1 Å². The summed E-state index contributed by atoms with van der Waals surface area (Å²) in [5, 5.41) is 47.5. The van der Waals surface area contributed by atoms with Crippen LogP contribution in [0.1, 0.15) is 59.4 Å². The minimum absolute atomic E-state index is 0.100. The molecule has 1 unspecified atom stereocenters. The highest BCUT2D eigenvalue weighted by atomic mass is 16.9. The third-order valence-electron chi connectivity index (χ3n) is 10.6. The average molecular weight is 545 g/mol. The molecule has 0 radical (unpaired) electrons. The maximum absolute atomic E-state index is 13.8. The lowest BCUT2D eigenvalue weighted by Crippen LogP contribution is -2.82. The van der Waals surface area contributed by atoms with Crippen molar-refractivity contribution in [1.82, 2.24) is 0 Å². The Morgan fingerprint density at radius 3 is 2.38 bits per heavy atom. The Morgan fingerprint density at radius 1 is 1.08 bits per heavy atom. The van der Waals surface area contributed by atoms with Crippen molar-refractivity contribution < 1.29 is 49.0 Å². The molecule has 5 aliphatic rings. The zero-order valence-corrected chi connectivity index (χ0v) is 22.8. The molecule has 0 aromatic heterocycles. The Balaban J connectivity index is 1.60. The molecule has 39 heavy (non-hydrogen) atoms. The number of benzene rings is 1. The zero-order chi connectivity index (χ0) is 28.4. The van der Waals surface area contributed by atoms with E-state index < -0.39 is 69.8 Å². The Kier molecular flexibility index (Phi) is 5.44. The fraction of sp³-hybridized carbons (Fsp3) is 0.655. The van der Waals surface area contributed by atoms with Gasteiger partial charge in [0.15, 0.2) is 5.60 Å². The lowest BCUT2D eigenvalue weighted by atomic mass is 9.38. The quantitative estimate of drug-likeness (QED) is 0.318. The first-order valence-electron chi connectivity index (χ1n) is 13.4. The van der Waals surface area contributed by atoms with E-state index in [1.54, 1.807) is 58.0 Å². The number of rotatable bonds is 2. The SMILES string of the molecule is CC(=O)O[C@H]1C[C@H](O)[C@]2(C)[C@H](C[C@@]34C(=C(C)C[C@H]3O)[C@@]2(O)C(=O)OC4(C)C)[C@]12COC(O)(c1ccccc1)O2. The van der Waals surface area contributed by atoms with Gasteiger partial charge >= 0.3 is 17.9 Å². The topological polar surface area (TPSA) is 152 Å². The number of carbonyl (C=O) groups excluding carboxylic acids is 2. The molecule has 4 N–H and O–H groups in total. The predicted molar refractivity (Wildman–Crippen MR) is 133 cm³/mol. The van der Waals surface area contributed by atoms with Gasteiger partial charge in [-0.1, -0.05) is 42.8 Å². The van der Waals surface area contributed by atoms with Gasteiger partial charge in [0, 0.05) is 30.2 Å². The fourth-order valence-corrected chi connectivity index (χ4v) is 8.73. The normalized spacial score (nSPS) is 48.0. The Bertz CT molecular complexity index is 1280. The van der Waals surface area contributed by atoms with Crippen LogP contribution >= 0.6 is 0 Å². The van der Waals surface area contributed by atoms with Crippen molar-refractivity contribution in [1.29, 1.82) is 0 Å². The lowest BCUT2D eigenvalue weighted by molar-refractivity contribution is -0.371. The summed E-state index contributed by atoms with van der Waals surface area (Å²) in [5.74, 6) is -4.71. The standard InChI is InChI=1S/C29H36O10/c1-15-11-20(32)26-13-18-25(5,28(34,22(15)26)23(33)38-24(26,3)4)19(31)12-21(37-16(2)30)27(18)14-36-29(35,39-27)17-9-7-6-8-10-17/h6-10,18-21,31-32,34-35H,11-14H2,1-5H3/t18-,19-,20+,21-,25-,26-,27+,28+,29?/m0/s1. The summed E-state index contributed by atoms with van der Waals surface area (Å²) in [6.07, 6.45) is -3.33. The summed E-state index contributed by atoms with van der Waals surface area (Å²) < 4.78 is 24.0. The minimum atomic E-state index is -2.32. The van der Waals surface area contributed by atoms with Crippen LogP contribution in [0.5, 0.6) is 0 Å². The van der Waals surface area contributed by atoms with Crippen molar-refractivity contribution >= 4 is 11.9 Å². The van der Waals surface area contributed by atoms with Gasteiger partial charge < -0.3 is 39.4 Å². The van der Waals surface area contributed by atoms with E-state index >= 15 is 0 Å². The van der Waals surface area contributed by atoms with Gasteiger partial charge in [0.1, 0.15) is 17.3 Å². The Morgan fingerprint density at radius 2 is 1.74 bits per heavy atom. The maximum atomic E-state index is 13.8. The molecule has 1 aromatic rings. The van der Waals surface area contributed by atoms with E-state index in [0.717, 1.165) is 0 Å². The monoisotopic (exact) mass is 544 g/mol. The molecule has 1 aromatic carbocycles. The summed E-state index contributed by atoms with van der Waals surface area (Å²) in [4.78, 5) is 26.1. The highest BCUT2D eigenvalue weighted by molar-refractivity contribution is 5.89. The van der Waals surface area contributed by atoms with E-state index in [1.165, 1.54) is 6.92 Å². The van der Waals surface area contributed by atoms with Crippen molar-refractivity contribution in [3.63, 3.8) is 0 Å². The zero-order valence-electron chi connectivity index (χ0n) is 22.8. The third-order valence-corrected chi connectivity index (χ3v) is 10.6. The molecule has 1 spiro atoms. The van der Waals surface area contributed by atoms with Crippen LogP contribution in [0.4, 0.5) is 0 Å². The van der Waals surface area contributed by atoms with Crippen LogP contribution in [0.25, 0.3) is 0 Å². The van der Waals surface area contributed by atoms with Gasteiger partial charge in [-0.25, -0.2) is 4.79 Å². The number of aliphatic hydroxyl groups excluding tert-OH is 2. The second kappa shape index (κ2) is 7.90. The summed E-state index contributed by atoms with van der Waals surface area (Å²) in [5.41, 5.74) is -6.65. The first-order chi connectivity index (χ1) is 18.1. The van der Waals surface area contributed by atoms with Crippen molar-refractivity contribution in [3.05, 3.63) is 47.0 Å². The van der Waals surface area contributed by atoms with Gasteiger partial charge in [-0.2, -0.15) is 0 Å². The molecule has 3 aliphatic carbocycles. The second-order valence-electron chi connectivity index (χ2n) is 12.6. The number of esters is 2. The molecular formula is C29H36O10. The van der Waals surface area contributed by atoms with Crippen molar-refractivity contribution in [2.45, 2.75) is 95.0 Å². The number of fused-ring (bicyclic) bond motifs is 3. The molecule has 2 heterocycles. The van der Waals surface area contributed by atoms with Gasteiger partial charge in [-0.05, 0) is 39.2 Å². The highest BCUT2D eigenvalue weighted by Gasteiger charge is 2.84. The first kappa shape index (κ1) is 26.9. The van der Waals surface area contributed by atoms with Crippen molar-refractivity contribution in [3.8, 4) is 0 Å². The van der Waals surface area contributed by atoms with Crippen LogP contribution < -0.4 is 0 Å². The van der Waals surface area contributed by atoms with E-state index in [0.29, 0.717) is 16.7 Å². The first-order valence-corrected chi connectivity index (χ1v) is 13.4. The number of cyclic esters (lactones) is 1. The molecule has 10 nitrogen and oxygen atoms in total. The van der Waals surface area contributed by atoms with Gasteiger partial charge in [-0.3, -0.25) is 4.79 Å². The Labute approximate surface area is 226 Å². The molecule has 9 atom stereocenters. The predicted octanol–water partition coefficient (Wildman–Crippen LogP) is 1.43. The molecule has 4 fully saturated rings. The van der Waals surface area contributed by atoms with Gasteiger partial charge in [0.25, 0.3) is 0 Å². The molecule has 0 amide bonds. The summed E-state index contributed by atoms with van der Waals surface area (Å²) in [7, 11) is 0. The molecule has 6 rings (SSSR count). The third kappa shape index (κ3) is 2.97. The molecule has 2 saturated carbocycles. The van der Waals surface area contributed by atoms with E-state index in [9.17, 15) is 30.0 Å². The van der Waals surface area contributed by atoms with E-state index in [2.05, 4.69) is 0 Å². The van der Waals surface area contributed by atoms with Crippen molar-refractivity contribution in [2.24, 2.45) is 16.7 Å². The van der Waals surface area contributed by atoms with Gasteiger partial charge in [0.05, 0.1) is 24.2 Å². The number of hydrogen-bond acceptors (Lipinski definition) is 10. The van der Waals surface area contributed by atoms with E-state index in [1.807, 2.05) is 0 Å². The summed E-state index contributed by atoms with van der Waals surface area (Å²) in [6.45, 7) is 7.76. The molecule has 10 heteroatoms. The van der Waals surface area contributed by atoms with Crippen LogP contribution in [0.15, 0.2) is 41.5 Å². The summed E-state index contributed by atoms with van der Waals surface area (Å²) >= 11 is 0. The molecule has 2 aliphatic heterocycles. The van der Waals surface area contributed by atoms with Crippen LogP contribution in [0.3, 0.4) is 0 Å². The molecule has 212 valence electrons.